The third-order valence-corrected chi connectivity index (χ3v) is 5.05. The molecular formula is C20H25N3O3. The number of hydrogen-bond donors (Lipinski definition) is 0. The molecular weight excluding hydrogens is 330 g/mol. The molecule has 1 amide bonds. The van der Waals surface area contributed by atoms with Crippen LogP contribution in [-0.2, 0) is 11.3 Å². The Kier molecular flexibility index (Phi) is 5.71. The molecule has 0 spiro atoms. The highest BCUT2D eigenvalue weighted by Gasteiger charge is 2.27. The van der Waals surface area contributed by atoms with Crippen LogP contribution in [0.15, 0.2) is 36.7 Å². The van der Waals surface area contributed by atoms with Crippen molar-refractivity contribution < 1.29 is 14.3 Å². The summed E-state index contributed by atoms with van der Waals surface area (Å²) in [6, 6.07) is 6.99. The van der Waals surface area contributed by atoms with Gasteiger partial charge in [0, 0.05) is 37.1 Å². The number of ether oxygens (including phenoxy) is 1. The third kappa shape index (κ3) is 3.95. The van der Waals surface area contributed by atoms with E-state index in [-0.39, 0.29) is 11.9 Å². The van der Waals surface area contributed by atoms with Crippen LogP contribution >= 0.6 is 0 Å². The molecule has 2 aromatic rings. The van der Waals surface area contributed by atoms with Gasteiger partial charge in [0.1, 0.15) is 5.82 Å². The number of imidazole rings is 1. The van der Waals surface area contributed by atoms with E-state index in [1.165, 1.54) is 7.11 Å². The molecule has 0 N–H and O–H groups in total. The van der Waals surface area contributed by atoms with Gasteiger partial charge in [0.25, 0.3) is 5.91 Å². The number of rotatable bonds is 5. The van der Waals surface area contributed by atoms with E-state index < -0.39 is 5.97 Å². The van der Waals surface area contributed by atoms with Gasteiger partial charge >= 0.3 is 5.97 Å². The second-order valence-electron chi connectivity index (χ2n) is 6.68. The summed E-state index contributed by atoms with van der Waals surface area (Å²) in [5, 5.41) is 0. The number of benzene rings is 1. The maximum Gasteiger partial charge on any atom is 0.337 e. The third-order valence-electron chi connectivity index (χ3n) is 5.05. The minimum Gasteiger partial charge on any atom is -0.465 e. The topological polar surface area (TPSA) is 64.4 Å². The SMILES string of the molecule is COC(=O)c1cccc(C(=O)N2CCCC[C@H]2CCn2ccnc2C)c1. The number of esters is 1. The Balaban J connectivity index is 1.73. The second-order valence-corrected chi connectivity index (χ2v) is 6.68. The number of amides is 1. The van der Waals surface area contributed by atoms with Gasteiger partial charge in [-0.25, -0.2) is 9.78 Å². The number of piperidine rings is 1. The molecule has 138 valence electrons. The standard InChI is InChI=1S/C20H25N3O3/c1-15-21-10-13-22(15)12-9-18-8-3-4-11-23(18)19(24)16-6-5-7-17(14-16)20(25)26-2/h5-7,10,13-14,18H,3-4,8-9,11-12H2,1-2H3/t18-/m0/s1. The van der Waals surface area contributed by atoms with E-state index in [9.17, 15) is 9.59 Å². The van der Waals surface area contributed by atoms with Crippen LogP contribution in [0.25, 0.3) is 0 Å². The minimum atomic E-state index is -0.426. The number of methoxy groups -OCH3 is 1. The molecule has 1 atom stereocenters. The van der Waals surface area contributed by atoms with Crippen LogP contribution in [0.2, 0.25) is 0 Å². The van der Waals surface area contributed by atoms with E-state index in [1.807, 2.05) is 18.0 Å². The summed E-state index contributed by atoms with van der Waals surface area (Å²) in [4.78, 5) is 31.0. The predicted molar refractivity (Wildman–Crippen MR) is 98.0 cm³/mol. The first-order valence-corrected chi connectivity index (χ1v) is 9.07. The Morgan fingerprint density at radius 1 is 1.27 bits per heavy atom. The lowest BCUT2D eigenvalue weighted by atomic mass is 9.97. The van der Waals surface area contributed by atoms with Crippen molar-refractivity contribution >= 4 is 11.9 Å². The molecule has 1 fully saturated rings. The second kappa shape index (κ2) is 8.17. The lowest BCUT2D eigenvalue weighted by Gasteiger charge is -2.36. The van der Waals surface area contributed by atoms with Crippen LogP contribution in [0, 0.1) is 6.92 Å². The van der Waals surface area contributed by atoms with E-state index in [4.69, 9.17) is 4.74 Å². The maximum atomic E-state index is 13.1. The molecule has 1 saturated heterocycles. The molecule has 1 aliphatic heterocycles. The molecule has 0 aliphatic carbocycles. The first-order chi connectivity index (χ1) is 12.6. The fourth-order valence-electron chi connectivity index (χ4n) is 3.56. The predicted octanol–water partition coefficient (Wildman–Crippen LogP) is 3.06. The highest BCUT2D eigenvalue weighted by molar-refractivity contribution is 5.98. The highest BCUT2D eigenvalue weighted by Crippen LogP contribution is 2.23. The first kappa shape index (κ1) is 18.2. The van der Waals surface area contributed by atoms with E-state index in [0.717, 1.165) is 44.6 Å². The quantitative estimate of drug-likeness (QED) is 0.773. The molecule has 0 bridgehead atoms. The Morgan fingerprint density at radius 3 is 2.81 bits per heavy atom. The zero-order chi connectivity index (χ0) is 18.5. The minimum absolute atomic E-state index is 0.0113. The van der Waals surface area contributed by atoms with Crippen molar-refractivity contribution in [3.8, 4) is 0 Å². The van der Waals surface area contributed by atoms with Gasteiger partial charge in [-0.05, 0) is 50.8 Å². The van der Waals surface area contributed by atoms with Gasteiger partial charge in [-0.1, -0.05) is 6.07 Å². The molecule has 3 rings (SSSR count). The molecule has 6 nitrogen and oxygen atoms in total. The van der Waals surface area contributed by atoms with E-state index in [1.54, 1.807) is 30.5 Å². The van der Waals surface area contributed by atoms with Crippen molar-refractivity contribution in [2.24, 2.45) is 0 Å². The van der Waals surface area contributed by atoms with E-state index in [2.05, 4.69) is 9.55 Å². The van der Waals surface area contributed by atoms with Crippen molar-refractivity contribution in [1.29, 1.82) is 0 Å². The van der Waals surface area contributed by atoms with Crippen molar-refractivity contribution in [2.75, 3.05) is 13.7 Å². The van der Waals surface area contributed by atoms with Gasteiger partial charge in [0.05, 0.1) is 12.7 Å². The molecule has 1 aromatic carbocycles. The summed E-state index contributed by atoms with van der Waals surface area (Å²) in [6.07, 6.45) is 7.85. The molecule has 2 heterocycles. The maximum absolute atomic E-state index is 13.1. The van der Waals surface area contributed by atoms with Crippen LogP contribution in [0.4, 0.5) is 0 Å². The average Bonchev–Trinajstić information content (AvgIpc) is 3.10. The van der Waals surface area contributed by atoms with Crippen LogP contribution in [0.5, 0.6) is 0 Å². The number of aromatic nitrogens is 2. The van der Waals surface area contributed by atoms with Crippen LogP contribution in [0.3, 0.4) is 0 Å². The summed E-state index contributed by atoms with van der Waals surface area (Å²) in [7, 11) is 1.34. The van der Waals surface area contributed by atoms with E-state index in [0.29, 0.717) is 11.1 Å². The number of aryl methyl sites for hydroxylation is 2. The van der Waals surface area contributed by atoms with Gasteiger partial charge in [-0.3, -0.25) is 4.79 Å². The summed E-state index contributed by atoms with van der Waals surface area (Å²) in [6.45, 7) is 3.60. The van der Waals surface area contributed by atoms with Crippen LogP contribution < -0.4 is 0 Å². The Labute approximate surface area is 153 Å². The first-order valence-electron chi connectivity index (χ1n) is 9.07. The normalized spacial score (nSPS) is 17.2. The molecule has 0 radical (unpaired) electrons. The molecule has 0 unspecified atom stereocenters. The zero-order valence-corrected chi connectivity index (χ0v) is 15.4. The zero-order valence-electron chi connectivity index (χ0n) is 15.4. The smallest absolute Gasteiger partial charge is 0.337 e. The van der Waals surface area contributed by atoms with Crippen molar-refractivity contribution in [3.63, 3.8) is 0 Å². The molecule has 1 aromatic heterocycles. The molecule has 6 heteroatoms. The summed E-state index contributed by atoms with van der Waals surface area (Å²) in [5.41, 5.74) is 0.944. The van der Waals surface area contributed by atoms with Crippen LogP contribution in [-0.4, -0.2) is 46.0 Å². The number of likely N-dealkylation sites (tertiary alicyclic amines) is 1. The fraction of sp³-hybridized carbons (Fsp3) is 0.450. The number of carbonyl (C=O) groups is 2. The van der Waals surface area contributed by atoms with Crippen LogP contribution in [0.1, 0.15) is 52.2 Å². The number of nitrogens with zero attached hydrogens (tertiary/aromatic N) is 3. The highest BCUT2D eigenvalue weighted by atomic mass is 16.5. The summed E-state index contributed by atoms with van der Waals surface area (Å²) >= 11 is 0. The Hall–Kier alpha value is -2.63. The molecule has 26 heavy (non-hydrogen) atoms. The van der Waals surface area contributed by atoms with Crippen molar-refractivity contribution in [3.05, 3.63) is 53.6 Å². The monoisotopic (exact) mass is 355 g/mol. The number of carbonyl (C=O) groups excluding carboxylic acids is 2. The summed E-state index contributed by atoms with van der Waals surface area (Å²) in [5.74, 6) is 0.553. The van der Waals surface area contributed by atoms with Gasteiger partial charge < -0.3 is 14.2 Å². The fourth-order valence-corrected chi connectivity index (χ4v) is 3.56. The molecule has 1 aliphatic rings. The van der Waals surface area contributed by atoms with Gasteiger partial charge in [0.2, 0.25) is 0 Å². The Bertz CT molecular complexity index is 784. The largest absolute Gasteiger partial charge is 0.465 e. The summed E-state index contributed by atoms with van der Waals surface area (Å²) < 4.78 is 6.88. The van der Waals surface area contributed by atoms with Gasteiger partial charge in [0.15, 0.2) is 0 Å². The van der Waals surface area contributed by atoms with Crippen molar-refractivity contribution in [1.82, 2.24) is 14.5 Å². The van der Waals surface area contributed by atoms with Gasteiger partial charge in [-0.15, -0.1) is 0 Å². The van der Waals surface area contributed by atoms with Crippen molar-refractivity contribution in [2.45, 2.75) is 45.2 Å². The lowest BCUT2D eigenvalue weighted by molar-refractivity contribution is 0.0594. The lowest BCUT2D eigenvalue weighted by Crippen LogP contribution is -2.44. The molecule has 0 saturated carbocycles. The van der Waals surface area contributed by atoms with Gasteiger partial charge in [-0.2, -0.15) is 0 Å². The average molecular weight is 355 g/mol. The number of hydrogen-bond acceptors (Lipinski definition) is 4. The Morgan fingerprint density at radius 2 is 2.08 bits per heavy atom. The van der Waals surface area contributed by atoms with E-state index >= 15 is 0 Å².